The first kappa shape index (κ1) is 19.2. The van der Waals surface area contributed by atoms with Crippen LogP contribution in [0.4, 0.5) is 10.5 Å². The zero-order valence-corrected chi connectivity index (χ0v) is 15.2. The van der Waals surface area contributed by atoms with Crippen molar-refractivity contribution in [3.63, 3.8) is 0 Å². The topological polar surface area (TPSA) is 96.0 Å². The van der Waals surface area contributed by atoms with E-state index in [1.807, 2.05) is 0 Å². The van der Waals surface area contributed by atoms with E-state index in [0.717, 1.165) is 0 Å². The fourth-order valence-corrected chi connectivity index (χ4v) is 3.86. The molecule has 1 heterocycles. The minimum Gasteiger partial charge on any atom is -0.450 e. The number of nitrogens with zero attached hydrogens (tertiary/aromatic N) is 2. The van der Waals surface area contributed by atoms with E-state index >= 15 is 0 Å². The molecule has 1 aliphatic heterocycles. The normalized spacial score (nSPS) is 15.7. The van der Waals surface area contributed by atoms with Gasteiger partial charge in [0.15, 0.2) is 0 Å². The Morgan fingerprint density at radius 2 is 1.68 bits per heavy atom. The van der Waals surface area contributed by atoms with Gasteiger partial charge in [0.25, 0.3) is 0 Å². The second-order valence-electron chi connectivity index (χ2n) is 5.52. The Labute approximate surface area is 147 Å². The van der Waals surface area contributed by atoms with Crippen LogP contribution in [0.2, 0.25) is 0 Å². The number of anilines is 1. The lowest BCUT2D eigenvalue weighted by Crippen LogP contribution is -2.50. The van der Waals surface area contributed by atoms with Gasteiger partial charge in [-0.15, -0.1) is 0 Å². The van der Waals surface area contributed by atoms with Gasteiger partial charge in [-0.1, -0.05) is 6.92 Å². The van der Waals surface area contributed by atoms with Crippen molar-refractivity contribution in [2.24, 2.45) is 0 Å². The van der Waals surface area contributed by atoms with Crippen molar-refractivity contribution >= 4 is 27.7 Å². The molecule has 0 radical (unpaired) electrons. The van der Waals surface area contributed by atoms with Gasteiger partial charge in [-0.2, -0.15) is 4.31 Å². The summed E-state index contributed by atoms with van der Waals surface area (Å²) in [7, 11) is -3.63. The van der Waals surface area contributed by atoms with E-state index in [-0.39, 0.29) is 30.5 Å². The maximum Gasteiger partial charge on any atom is 0.409 e. The highest BCUT2D eigenvalue weighted by Gasteiger charge is 2.30. The monoisotopic (exact) mass is 369 g/mol. The van der Waals surface area contributed by atoms with Gasteiger partial charge in [0.05, 0.1) is 11.5 Å². The third-order valence-corrected chi connectivity index (χ3v) is 5.77. The highest BCUT2D eigenvalue weighted by atomic mass is 32.2. The molecular formula is C16H23N3O5S. The first-order valence-electron chi connectivity index (χ1n) is 8.20. The Morgan fingerprint density at radius 3 is 2.20 bits per heavy atom. The van der Waals surface area contributed by atoms with Crippen molar-refractivity contribution in [1.82, 2.24) is 9.21 Å². The Kier molecular flexibility index (Phi) is 6.38. The predicted molar refractivity (Wildman–Crippen MR) is 92.7 cm³/mol. The molecule has 0 unspecified atom stereocenters. The number of carbonyl (C=O) groups is 2. The van der Waals surface area contributed by atoms with Crippen molar-refractivity contribution in [3.8, 4) is 0 Å². The minimum atomic E-state index is -3.63. The highest BCUT2D eigenvalue weighted by molar-refractivity contribution is 7.89. The Bertz CT molecular complexity index is 710. The maximum atomic E-state index is 12.7. The minimum absolute atomic E-state index is 0.134. The molecule has 8 nitrogen and oxygen atoms in total. The lowest BCUT2D eigenvalue weighted by Gasteiger charge is -2.33. The molecule has 0 saturated carbocycles. The summed E-state index contributed by atoms with van der Waals surface area (Å²) in [5.41, 5.74) is 0.554. The molecule has 0 atom stereocenters. The standard InChI is InChI=1S/C16H23N3O5S/c1-3-15(20)17-13-5-7-14(8-6-13)25(22,23)19-11-9-18(10-12-19)16(21)24-4-2/h5-8H,3-4,9-12H2,1-2H3,(H,17,20). The third-order valence-electron chi connectivity index (χ3n) is 3.86. The van der Waals surface area contributed by atoms with Gasteiger partial charge in [0.2, 0.25) is 15.9 Å². The van der Waals surface area contributed by atoms with Crippen molar-refractivity contribution < 1.29 is 22.7 Å². The smallest absolute Gasteiger partial charge is 0.409 e. The molecular weight excluding hydrogens is 346 g/mol. The molecule has 9 heteroatoms. The number of hydrogen-bond acceptors (Lipinski definition) is 5. The quantitative estimate of drug-likeness (QED) is 0.848. The lowest BCUT2D eigenvalue weighted by molar-refractivity contribution is -0.115. The zero-order valence-electron chi connectivity index (χ0n) is 14.4. The maximum absolute atomic E-state index is 12.7. The van der Waals surface area contributed by atoms with Gasteiger partial charge in [-0.3, -0.25) is 4.79 Å². The van der Waals surface area contributed by atoms with E-state index in [2.05, 4.69) is 5.32 Å². The lowest BCUT2D eigenvalue weighted by atomic mass is 10.3. The summed E-state index contributed by atoms with van der Waals surface area (Å²) in [5, 5.41) is 2.67. The highest BCUT2D eigenvalue weighted by Crippen LogP contribution is 2.20. The van der Waals surface area contributed by atoms with Crippen LogP contribution in [0.5, 0.6) is 0 Å². The Morgan fingerprint density at radius 1 is 1.08 bits per heavy atom. The Hall–Kier alpha value is -2.13. The van der Waals surface area contributed by atoms with Crippen LogP contribution in [0.1, 0.15) is 20.3 Å². The largest absolute Gasteiger partial charge is 0.450 e. The number of carbonyl (C=O) groups excluding carboxylic acids is 2. The van der Waals surface area contributed by atoms with Gasteiger partial charge in [0.1, 0.15) is 0 Å². The number of amides is 2. The van der Waals surface area contributed by atoms with Crippen molar-refractivity contribution in [2.75, 3.05) is 38.1 Å². The van der Waals surface area contributed by atoms with Gasteiger partial charge in [-0.05, 0) is 31.2 Å². The number of piperazine rings is 1. The van der Waals surface area contributed by atoms with Crippen LogP contribution < -0.4 is 5.32 Å². The molecule has 25 heavy (non-hydrogen) atoms. The van der Waals surface area contributed by atoms with Crippen LogP contribution in [0, 0.1) is 0 Å². The molecule has 2 amide bonds. The summed E-state index contributed by atoms with van der Waals surface area (Å²) in [6, 6.07) is 6.07. The van der Waals surface area contributed by atoms with Crippen LogP contribution in [0.3, 0.4) is 0 Å². The van der Waals surface area contributed by atoms with Gasteiger partial charge >= 0.3 is 6.09 Å². The number of ether oxygens (including phenoxy) is 1. The summed E-state index contributed by atoms with van der Waals surface area (Å²) in [5.74, 6) is -0.134. The second-order valence-corrected chi connectivity index (χ2v) is 7.45. The van der Waals surface area contributed by atoms with Crippen LogP contribution in [0.15, 0.2) is 29.2 Å². The van der Waals surface area contributed by atoms with Crippen molar-refractivity contribution in [3.05, 3.63) is 24.3 Å². The molecule has 1 aromatic carbocycles. The predicted octanol–water partition coefficient (Wildman–Crippen LogP) is 1.50. The molecule has 0 spiro atoms. The van der Waals surface area contributed by atoms with E-state index in [4.69, 9.17) is 4.74 Å². The zero-order chi connectivity index (χ0) is 18.4. The molecule has 0 aliphatic carbocycles. The molecule has 1 aromatic rings. The number of hydrogen-bond donors (Lipinski definition) is 1. The molecule has 138 valence electrons. The second kappa shape index (κ2) is 8.30. The first-order chi connectivity index (χ1) is 11.9. The van der Waals surface area contributed by atoms with Gasteiger partial charge in [0, 0.05) is 38.3 Å². The van der Waals surface area contributed by atoms with E-state index in [0.29, 0.717) is 25.2 Å². The van der Waals surface area contributed by atoms with E-state index in [1.165, 1.54) is 21.3 Å². The SMILES string of the molecule is CCOC(=O)N1CCN(S(=O)(=O)c2ccc(NC(=O)CC)cc2)CC1. The van der Waals surface area contributed by atoms with Crippen LogP contribution in [0.25, 0.3) is 0 Å². The molecule has 1 saturated heterocycles. The molecule has 0 bridgehead atoms. The number of nitrogens with one attached hydrogen (secondary N) is 1. The molecule has 1 aliphatic rings. The van der Waals surface area contributed by atoms with Crippen LogP contribution >= 0.6 is 0 Å². The van der Waals surface area contributed by atoms with Crippen LogP contribution in [-0.4, -0.2) is 62.4 Å². The molecule has 2 rings (SSSR count). The summed E-state index contributed by atoms with van der Waals surface area (Å²) in [6.07, 6.45) is -0.0688. The average molecular weight is 369 g/mol. The first-order valence-corrected chi connectivity index (χ1v) is 9.64. The molecule has 1 fully saturated rings. The number of benzene rings is 1. The summed E-state index contributed by atoms with van der Waals surface area (Å²) < 4.78 is 31.6. The van der Waals surface area contributed by atoms with Crippen LogP contribution in [-0.2, 0) is 19.6 Å². The average Bonchev–Trinajstić information content (AvgIpc) is 2.62. The fraction of sp³-hybridized carbons (Fsp3) is 0.500. The van der Waals surface area contributed by atoms with Crippen molar-refractivity contribution in [1.29, 1.82) is 0 Å². The number of rotatable bonds is 5. The van der Waals surface area contributed by atoms with Crippen molar-refractivity contribution in [2.45, 2.75) is 25.2 Å². The fourth-order valence-electron chi connectivity index (χ4n) is 2.43. The number of sulfonamides is 1. The molecule has 0 aromatic heterocycles. The summed E-state index contributed by atoms with van der Waals surface area (Å²) in [6.45, 7) is 4.78. The third kappa shape index (κ3) is 4.70. The van der Waals surface area contributed by atoms with E-state index in [1.54, 1.807) is 26.0 Å². The molecule has 1 N–H and O–H groups in total. The van der Waals surface area contributed by atoms with Gasteiger partial charge in [-0.25, -0.2) is 13.2 Å². The van der Waals surface area contributed by atoms with Gasteiger partial charge < -0.3 is 15.0 Å². The summed E-state index contributed by atoms with van der Waals surface area (Å²) >= 11 is 0. The Balaban J connectivity index is 2.02. The summed E-state index contributed by atoms with van der Waals surface area (Å²) in [4.78, 5) is 24.7. The van der Waals surface area contributed by atoms with E-state index < -0.39 is 16.1 Å². The van der Waals surface area contributed by atoms with E-state index in [9.17, 15) is 18.0 Å².